The van der Waals surface area contributed by atoms with Gasteiger partial charge in [0.05, 0.1) is 24.8 Å². The highest BCUT2D eigenvalue weighted by molar-refractivity contribution is 7.16. The number of ether oxygens (including phenoxy) is 3. The molecule has 4 rings (SSSR count). The first-order valence-electron chi connectivity index (χ1n) is 10.8. The van der Waals surface area contributed by atoms with E-state index < -0.39 is 17.4 Å². The number of carbonyl (C=O) groups excluding carboxylic acids is 2. The SMILES string of the molecule is CCOC(=O)c1nn(-c2cccc(C)c2)c(=O)c2c(NC(=O)COc3ccccc3OC)scc12. The van der Waals surface area contributed by atoms with Gasteiger partial charge in [-0.15, -0.1) is 11.3 Å². The molecule has 0 spiro atoms. The molecule has 0 unspecified atom stereocenters. The number of aryl methyl sites for hydroxylation is 1. The van der Waals surface area contributed by atoms with Crippen LogP contribution in [0.2, 0.25) is 0 Å². The molecule has 0 fully saturated rings. The number of nitrogens with zero attached hydrogens (tertiary/aromatic N) is 2. The fourth-order valence-electron chi connectivity index (χ4n) is 3.47. The minimum absolute atomic E-state index is 0.00928. The molecule has 35 heavy (non-hydrogen) atoms. The van der Waals surface area contributed by atoms with Crippen molar-refractivity contribution >= 4 is 39.0 Å². The standard InChI is InChI=1S/C25H23N3O6S/c1-4-33-25(31)22-17-14-35-23(26-20(29)13-34-19-11-6-5-10-18(19)32-3)21(17)24(30)28(27-22)16-9-7-8-15(2)12-16/h5-12,14H,4,13H2,1-3H3,(H,26,29). The van der Waals surface area contributed by atoms with Gasteiger partial charge in [0.25, 0.3) is 11.5 Å². The summed E-state index contributed by atoms with van der Waals surface area (Å²) in [4.78, 5) is 38.8. The molecule has 0 saturated carbocycles. The number of thiophene rings is 1. The van der Waals surface area contributed by atoms with E-state index in [4.69, 9.17) is 14.2 Å². The smallest absolute Gasteiger partial charge is 0.359 e. The number of aromatic nitrogens is 2. The summed E-state index contributed by atoms with van der Waals surface area (Å²) in [6.07, 6.45) is 0. The first-order chi connectivity index (χ1) is 16.9. The molecule has 0 atom stereocenters. The Hall–Kier alpha value is -4.18. The highest BCUT2D eigenvalue weighted by atomic mass is 32.1. The molecular weight excluding hydrogens is 470 g/mol. The Morgan fingerprint density at radius 3 is 2.60 bits per heavy atom. The Bertz CT molecular complexity index is 1460. The van der Waals surface area contributed by atoms with Crippen molar-refractivity contribution in [3.05, 3.63) is 75.5 Å². The number of hydrogen-bond donors (Lipinski definition) is 1. The molecule has 0 aliphatic carbocycles. The van der Waals surface area contributed by atoms with E-state index in [2.05, 4.69) is 10.4 Å². The van der Waals surface area contributed by atoms with Crippen molar-refractivity contribution in [2.75, 3.05) is 25.6 Å². The largest absolute Gasteiger partial charge is 0.493 e. The Morgan fingerprint density at radius 1 is 1.11 bits per heavy atom. The molecule has 0 aliphatic heterocycles. The number of fused-ring (bicyclic) bond motifs is 1. The Labute approximate surface area is 204 Å². The topological polar surface area (TPSA) is 109 Å². The lowest BCUT2D eigenvalue weighted by atomic mass is 10.2. The average Bonchev–Trinajstić information content (AvgIpc) is 3.27. The number of rotatable bonds is 8. The van der Waals surface area contributed by atoms with E-state index in [9.17, 15) is 14.4 Å². The second kappa shape index (κ2) is 10.4. The molecule has 0 saturated heterocycles. The van der Waals surface area contributed by atoms with E-state index in [0.717, 1.165) is 21.6 Å². The summed E-state index contributed by atoms with van der Waals surface area (Å²) >= 11 is 1.12. The van der Waals surface area contributed by atoms with Crippen LogP contribution in [0.1, 0.15) is 23.0 Å². The van der Waals surface area contributed by atoms with E-state index in [1.807, 2.05) is 13.0 Å². The third kappa shape index (κ3) is 5.02. The molecule has 2 aromatic heterocycles. The lowest BCUT2D eigenvalue weighted by Crippen LogP contribution is -2.26. The first kappa shape index (κ1) is 24.0. The number of benzene rings is 2. The number of methoxy groups -OCH3 is 1. The van der Waals surface area contributed by atoms with E-state index in [1.165, 1.54) is 7.11 Å². The lowest BCUT2D eigenvalue weighted by Gasteiger charge is -2.11. The number of esters is 1. The third-order valence-electron chi connectivity index (χ3n) is 5.05. The van der Waals surface area contributed by atoms with Crippen LogP contribution in [-0.4, -0.2) is 42.0 Å². The molecule has 1 N–H and O–H groups in total. The van der Waals surface area contributed by atoms with Crippen LogP contribution in [-0.2, 0) is 9.53 Å². The number of hydrogen-bond acceptors (Lipinski definition) is 8. The van der Waals surface area contributed by atoms with Gasteiger partial charge in [-0.3, -0.25) is 9.59 Å². The molecule has 4 aromatic rings. The lowest BCUT2D eigenvalue weighted by molar-refractivity contribution is -0.118. The van der Waals surface area contributed by atoms with Gasteiger partial charge in [-0.05, 0) is 43.7 Å². The van der Waals surface area contributed by atoms with Crippen molar-refractivity contribution < 1.29 is 23.8 Å². The van der Waals surface area contributed by atoms with Gasteiger partial charge in [-0.1, -0.05) is 24.3 Å². The summed E-state index contributed by atoms with van der Waals surface area (Å²) in [5.41, 5.74) is 0.928. The molecule has 1 amide bonds. The van der Waals surface area contributed by atoms with Crippen LogP contribution in [0.3, 0.4) is 0 Å². The second-order valence-electron chi connectivity index (χ2n) is 7.47. The number of amides is 1. The quantitative estimate of drug-likeness (QED) is 0.370. The zero-order valence-corrected chi connectivity index (χ0v) is 20.2. The minimum atomic E-state index is -0.658. The van der Waals surface area contributed by atoms with E-state index in [1.54, 1.807) is 54.8 Å². The predicted octanol–water partition coefficient (Wildman–Crippen LogP) is 3.96. The fourth-order valence-corrected chi connectivity index (χ4v) is 4.42. The van der Waals surface area contributed by atoms with Crippen molar-refractivity contribution in [3.63, 3.8) is 0 Å². The van der Waals surface area contributed by atoms with Gasteiger partial charge in [0.15, 0.2) is 23.8 Å². The van der Waals surface area contributed by atoms with Crippen molar-refractivity contribution in [1.29, 1.82) is 0 Å². The first-order valence-corrected chi connectivity index (χ1v) is 11.6. The summed E-state index contributed by atoms with van der Waals surface area (Å²) in [6, 6.07) is 14.1. The third-order valence-corrected chi connectivity index (χ3v) is 5.94. The van der Waals surface area contributed by atoms with Gasteiger partial charge in [0, 0.05) is 10.8 Å². The van der Waals surface area contributed by atoms with Crippen LogP contribution in [0.15, 0.2) is 58.7 Å². The maximum absolute atomic E-state index is 13.5. The maximum atomic E-state index is 13.5. The van der Waals surface area contributed by atoms with Gasteiger partial charge in [0.2, 0.25) is 0 Å². The highest BCUT2D eigenvalue weighted by Gasteiger charge is 2.23. The molecule has 10 heteroatoms. The van der Waals surface area contributed by atoms with Crippen molar-refractivity contribution in [2.45, 2.75) is 13.8 Å². The zero-order valence-electron chi connectivity index (χ0n) is 19.4. The fraction of sp³-hybridized carbons (Fsp3) is 0.200. The van der Waals surface area contributed by atoms with E-state index >= 15 is 0 Å². The Balaban J connectivity index is 1.71. The van der Waals surface area contributed by atoms with Gasteiger partial charge in [-0.25, -0.2) is 4.79 Å². The van der Waals surface area contributed by atoms with E-state index in [-0.39, 0.29) is 29.3 Å². The number of nitrogens with one attached hydrogen (secondary N) is 1. The average molecular weight is 494 g/mol. The van der Waals surface area contributed by atoms with Gasteiger partial charge in [0.1, 0.15) is 5.00 Å². The highest BCUT2D eigenvalue weighted by Crippen LogP contribution is 2.31. The molecule has 0 aliphatic rings. The van der Waals surface area contributed by atoms with Crippen molar-refractivity contribution in [1.82, 2.24) is 9.78 Å². The number of para-hydroxylation sites is 2. The molecule has 2 heterocycles. The summed E-state index contributed by atoms with van der Waals surface area (Å²) < 4.78 is 17.1. The Morgan fingerprint density at radius 2 is 1.89 bits per heavy atom. The molecule has 180 valence electrons. The zero-order chi connectivity index (χ0) is 24.9. The van der Waals surface area contributed by atoms with Crippen LogP contribution >= 0.6 is 11.3 Å². The van der Waals surface area contributed by atoms with E-state index in [0.29, 0.717) is 22.6 Å². The van der Waals surface area contributed by atoms with Crippen LogP contribution in [0.25, 0.3) is 16.5 Å². The van der Waals surface area contributed by atoms with Gasteiger partial charge < -0.3 is 19.5 Å². The normalized spacial score (nSPS) is 10.7. The molecular formula is C25H23N3O6S. The Kier molecular flexibility index (Phi) is 7.11. The van der Waals surface area contributed by atoms with Crippen LogP contribution in [0.5, 0.6) is 11.5 Å². The van der Waals surface area contributed by atoms with Crippen LogP contribution in [0.4, 0.5) is 5.00 Å². The minimum Gasteiger partial charge on any atom is -0.493 e. The van der Waals surface area contributed by atoms with Crippen molar-refractivity contribution in [2.24, 2.45) is 0 Å². The van der Waals surface area contributed by atoms with Crippen molar-refractivity contribution in [3.8, 4) is 17.2 Å². The van der Waals surface area contributed by atoms with Crippen LogP contribution in [0, 0.1) is 6.92 Å². The summed E-state index contributed by atoms with van der Waals surface area (Å²) in [5.74, 6) is -0.227. The van der Waals surface area contributed by atoms with Gasteiger partial charge >= 0.3 is 5.97 Å². The van der Waals surface area contributed by atoms with Gasteiger partial charge in [-0.2, -0.15) is 9.78 Å². The second-order valence-corrected chi connectivity index (χ2v) is 8.35. The molecule has 9 nitrogen and oxygen atoms in total. The summed E-state index contributed by atoms with van der Waals surface area (Å²) in [5, 5.41) is 9.39. The predicted molar refractivity (Wildman–Crippen MR) is 133 cm³/mol. The molecule has 0 radical (unpaired) electrons. The van der Waals surface area contributed by atoms with Crippen LogP contribution < -0.4 is 20.3 Å². The number of carbonyl (C=O) groups is 2. The number of anilines is 1. The summed E-state index contributed by atoms with van der Waals surface area (Å²) in [7, 11) is 1.51. The molecule has 0 bridgehead atoms. The molecule has 2 aromatic carbocycles. The monoisotopic (exact) mass is 493 g/mol. The maximum Gasteiger partial charge on any atom is 0.359 e. The summed E-state index contributed by atoms with van der Waals surface area (Å²) in [6.45, 7) is 3.42.